The van der Waals surface area contributed by atoms with Crippen molar-refractivity contribution in [3.05, 3.63) is 69.8 Å². The van der Waals surface area contributed by atoms with Gasteiger partial charge in [-0.1, -0.05) is 12.1 Å². The maximum absolute atomic E-state index is 12.3. The van der Waals surface area contributed by atoms with Crippen molar-refractivity contribution >= 4 is 28.5 Å². The Labute approximate surface area is 148 Å². The maximum Gasteiger partial charge on any atom is 0.273 e. The molecular weight excluding hydrogens is 403 g/mol. The van der Waals surface area contributed by atoms with Gasteiger partial charge < -0.3 is 9.88 Å². The fraction of sp³-hybridized carbons (Fsp3) is 0.176. The van der Waals surface area contributed by atoms with Gasteiger partial charge in [0.05, 0.1) is 9.61 Å². The molecule has 0 saturated heterocycles. The Balaban J connectivity index is 1.72. The van der Waals surface area contributed by atoms with Gasteiger partial charge in [0, 0.05) is 31.3 Å². The fourth-order valence-corrected chi connectivity index (χ4v) is 3.16. The highest BCUT2D eigenvalue weighted by Crippen LogP contribution is 2.17. The summed E-state index contributed by atoms with van der Waals surface area (Å²) in [4.78, 5) is 12.3. The summed E-state index contributed by atoms with van der Waals surface area (Å²) in [6.45, 7) is 1.97. The molecule has 0 saturated carbocycles. The van der Waals surface area contributed by atoms with Crippen LogP contribution in [-0.2, 0) is 7.05 Å². The van der Waals surface area contributed by atoms with Gasteiger partial charge in [0.15, 0.2) is 5.69 Å². The van der Waals surface area contributed by atoms with E-state index in [9.17, 15) is 4.79 Å². The molecule has 3 rings (SSSR count). The summed E-state index contributed by atoms with van der Waals surface area (Å²) in [7, 11) is 1.81. The van der Waals surface area contributed by atoms with Gasteiger partial charge in [-0.3, -0.25) is 9.48 Å². The minimum absolute atomic E-state index is 0.0842. The fourth-order valence-electron chi connectivity index (χ4n) is 2.40. The summed E-state index contributed by atoms with van der Waals surface area (Å²) in [5.41, 5.74) is 2.61. The number of aryl methyl sites for hydroxylation is 1. The molecule has 0 aliphatic rings. The van der Waals surface area contributed by atoms with Crippen molar-refractivity contribution in [3.8, 4) is 5.69 Å². The first kappa shape index (κ1) is 15.8. The van der Waals surface area contributed by atoms with Crippen LogP contribution in [0.3, 0.4) is 0 Å². The highest BCUT2D eigenvalue weighted by atomic mass is 127. The second-order valence-corrected chi connectivity index (χ2v) is 6.54. The maximum atomic E-state index is 12.3. The summed E-state index contributed by atoms with van der Waals surface area (Å²) in [6, 6.07) is 12.0. The molecule has 2 aromatic heterocycles. The van der Waals surface area contributed by atoms with Crippen LogP contribution in [0, 0.1) is 3.57 Å². The van der Waals surface area contributed by atoms with Crippen LogP contribution in [0.15, 0.2) is 55.0 Å². The number of carbonyl (C=O) groups is 1. The molecule has 6 heteroatoms. The lowest BCUT2D eigenvalue weighted by Gasteiger charge is -2.14. The number of nitrogens with zero attached hydrogens (tertiary/aromatic N) is 3. The third-order valence-corrected chi connectivity index (χ3v) is 4.43. The monoisotopic (exact) mass is 420 g/mol. The number of benzene rings is 1. The second kappa shape index (κ2) is 6.57. The summed E-state index contributed by atoms with van der Waals surface area (Å²) >= 11 is 2.12. The minimum atomic E-state index is -0.156. The number of hydrogen-bond acceptors (Lipinski definition) is 2. The van der Waals surface area contributed by atoms with Gasteiger partial charge in [-0.15, -0.1) is 0 Å². The molecule has 1 atom stereocenters. The number of halogens is 1. The van der Waals surface area contributed by atoms with Gasteiger partial charge >= 0.3 is 0 Å². The lowest BCUT2D eigenvalue weighted by molar-refractivity contribution is 0.0933. The predicted octanol–water partition coefficient (Wildman–Crippen LogP) is 3.31. The number of rotatable bonds is 4. The zero-order valence-corrected chi connectivity index (χ0v) is 15.1. The normalized spacial score (nSPS) is 12.1. The largest absolute Gasteiger partial charge is 0.344 e. The molecule has 0 aliphatic heterocycles. The van der Waals surface area contributed by atoms with Crippen LogP contribution in [0.4, 0.5) is 0 Å². The van der Waals surface area contributed by atoms with Crippen molar-refractivity contribution in [2.45, 2.75) is 13.0 Å². The van der Waals surface area contributed by atoms with E-state index in [2.05, 4.69) is 33.0 Å². The molecule has 0 fully saturated rings. The summed E-state index contributed by atoms with van der Waals surface area (Å²) < 4.78 is 4.54. The third kappa shape index (κ3) is 3.47. The first-order valence-corrected chi connectivity index (χ1v) is 8.36. The Kier molecular flexibility index (Phi) is 4.51. The van der Waals surface area contributed by atoms with Crippen LogP contribution in [0.2, 0.25) is 0 Å². The topological polar surface area (TPSA) is 51.9 Å². The molecule has 1 N–H and O–H groups in total. The Bertz CT molecular complexity index is 806. The second-order valence-electron chi connectivity index (χ2n) is 5.38. The van der Waals surface area contributed by atoms with Gasteiger partial charge in [0.1, 0.15) is 0 Å². The third-order valence-electron chi connectivity index (χ3n) is 3.64. The minimum Gasteiger partial charge on any atom is -0.344 e. The van der Waals surface area contributed by atoms with E-state index in [0.29, 0.717) is 5.69 Å². The smallest absolute Gasteiger partial charge is 0.273 e. The molecule has 0 spiro atoms. The van der Waals surface area contributed by atoms with Gasteiger partial charge in [-0.25, -0.2) is 0 Å². The van der Waals surface area contributed by atoms with Crippen LogP contribution < -0.4 is 5.32 Å². The van der Waals surface area contributed by atoms with E-state index in [1.807, 2.05) is 73.5 Å². The summed E-state index contributed by atoms with van der Waals surface area (Å²) in [5, 5.41) is 7.19. The molecular formula is C17H17IN4O. The molecule has 1 amide bonds. The van der Waals surface area contributed by atoms with Crippen LogP contribution in [0.1, 0.15) is 29.0 Å². The zero-order chi connectivity index (χ0) is 16.4. The van der Waals surface area contributed by atoms with Crippen molar-refractivity contribution in [1.29, 1.82) is 0 Å². The van der Waals surface area contributed by atoms with Crippen molar-refractivity contribution in [2.24, 2.45) is 7.05 Å². The molecule has 1 unspecified atom stereocenters. The van der Waals surface area contributed by atoms with Crippen LogP contribution in [-0.4, -0.2) is 20.3 Å². The van der Waals surface area contributed by atoms with Crippen molar-refractivity contribution in [3.63, 3.8) is 0 Å². The van der Waals surface area contributed by atoms with Crippen LogP contribution >= 0.6 is 22.6 Å². The van der Waals surface area contributed by atoms with E-state index < -0.39 is 0 Å². The number of hydrogen-bond donors (Lipinski definition) is 1. The first-order chi connectivity index (χ1) is 11.0. The van der Waals surface area contributed by atoms with Gasteiger partial charge in [-0.2, -0.15) is 5.10 Å². The van der Waals surface area contributed by atoms with Crippen LogP contribution in [0.25, 0.3) is 5.69 Å². The van der Waals surface area contributed by atoms with Gasteiger partial charge in [0.2, 0.25) is 0 Å². The summed E-state index contributed by atoms with van der Waals surface area (Å²) in [6.07, 6.45) is 5.83. The molecule has 5 nitrogen and oxygen atoms in total. The highest BCUT2D eigenvalue weighted by molar-refractivity contribution is 14.1. The Morgan fingerprint density at radius 2 is 1.87 bits per heavy atom. The van der Waals surface area contributed by atoms with E-state index in [0.717, 1.165) is 14.8 Å². The Hall–Kier alpha value is -2.09. The number of carbonyl (C=O) groups excluding carboxylic acids is 1. The first-order valence-electron chi connectivity index (χ1n) is 7.28. The number of nitrogens with one attached hydrogen (secondary N) is 1. The molecule has 2 heterocycles. The van der Waals surface area contributed by atoms with E-state index in [1.54, 1.807) is 4.68 Å². The number of aromatic nitrogens is 3. The van der Waals surface area contributed by atoms with Crippen molar-refractivity contribution in [2.75, 3.05) is 0 Å². The Morgan fingerprint density at radius 1 is 1.22 bits per heavy atom. The Morgan fingerprint density at radius 3 is 2.43 bits per heavy atom. The van der Waals surface area contributed by atoms with E-state index in [-0.39, 0.29) is 11.9 Å². The average molecular weight is 420 g/mol. The zero-order valence-electron chi connectivity index (χ0n) is 12.9. The highest BCUT2D eigenvalue weighted by Gasteiger charge is 2.17. The lowest BCUT2D eigenvalue weighted by atomic mass is 10.1. The molecule has 3 aromatic rings. The predicted molar refractivity (Wildman–Crippen MR) is 97.6 cm³/mol. The molecule has 1 aromatic carbocycles. The van der Waals surface area contributed by atoms with E-state index in [4.69, 9.17) is 0 Å². The van der Waals surface area contributed by atoms with E-state index in [1.165, 1.54) is 0 Å². The van der Waals surface area contributed by atoms with Gasteiger partial charge in [-0.05, 0) is 59.3 Å². The lowest BCUT2D eigenvalue weighted by Crippen LogP contribution is -2.27. The molecule has 0 radical (unpaired) electrons. The van der Waals surface area contributed by atoms with Crippen LogP contribution in [0.5, 0.6) is 0 Å². The van der Waals surface area contributed by atoms with Gasteiger partial charge in [0.25, 0.3) is 5.91 Å². The SMILES string of the molecule is CC(NC(=O)c1nn(C)cc1I)c1ccc(-n2cccc2)cc1. The number of amides is 1. The van der Waals surface area contributed by atoms with Crippen molar-refractivity contribution < 1.29 is 4.79 Å². The van der Waals surface area contributed by atoms with Crippen molar-refractivity contribution in [1.82, 2.24) is 19.7 Å². The molecule has 23 heavy (non-hydrogen) atoms. The standard InChI is InChI=1S/C17H17IN4O/c1-12(19-17(23)16-15(18)11-21(2)20-16)13-5-7-14(8-6-13)22-9-3-4-10-22/h3-12H,1-2H3,(H,19,23). The van der Waals surface area contributed by atoms with E-state index >= 15 is 0 Å². The molecule has 0 aliphatic carbocycles. The average Bonchev–Trinajstić information content (AvgIpc) is 3.17. The quantitative estimate of drug-likeness (QED) is 0.659. The molecule has 118 valence electrons. The summed E-state index contributed by atoms with van der Waals surface area (Å²) in [5.74, 6) is -0.156. The molecule has 0 bridgehead atoms.